The van der Waals surface area contributed by atoms with E-state index in [1.54, 1.807) is 30.3 Å². The first-order chi connectivity index (χ1) is 10.1. The third kappa shape index (κ3) is 4.07. The van der Waals surface area contributed by atoms with Gasteiger partial charge in [-0.25, -0.2) is 4.99 Å². The number of halogens is 1. The van der Waals surface area contributed by atoms with Crippen molar-refractivity contribution in [1.82, 2.24) is 0 Å². The van der Waals surface area contributed by atoms with Crippen LogP contribution in [0.1, 0.15) is 16.8 Å². The van der Waals surface area contributed by atoms with E-state index in [1.165, 1.54) is 7.11 Å². The van der Waals surface area contributed by atoms with Crippen molar-refractivity contribution in [2.24, 2.45) is 10.7 Å². The fraction of sp³-hybridized carbons (Fsp3) is 0.125. The van der Waals surface area contributed by atoms with Crippen LogP contribution in [-0.2, 0) is 0 Å². The Hall–Kier alpha value is -2.33. The van der Waals surface area contributed by atoms with E-state index in [1.807, 2.05) is 18.2 Å². The van der Waals surface area contributed by atoms with Gasteiger partial charge in [0.2, 0.25) is 0 Å². The zero-order valence-corrected chi connectivity index (χ0v) is 12.3. The van der Waals surface area contributed by atoms with Crippen molar-refractivity contribution < 1.29 is 9.53 Å². The summed E-state index contributed by atoms with van der Waals surface area (Å²) >= 11 is 6.01. The number of benzene rings is 2. The number of Topliss-reactive ketones (excluding diaryl/α,β-unsaturated/α-hetero) is 1. The number of hydrogen-bond acceptors (Lipinski definition) is 3. The number of methoxy groups -OCH3 is 1. The first kappa shape index (κ1) is 15.1. The number of ketones is 1. The smallest absolute Gasteiger partial charge is 0.170 e. The molecule has 4 nitrogen and oxygen atoms in total. The molecule has 108 valence electrons. The van der Waals surface area contributed by atoms with Crippen LogP contribution in [0.15, 0.2) is 53.5 Å². The summed E-state index contributed by atoms with van der Waals surface area (Å²) in [5.74, 6) is 0.732. The first-order valence-corrected chi connectivity index (χ1v) is 6.73. The molecule has 0 bridgehead atoms. The van der Waals surface area contributed by atoms with Crippen molar-refractivity contribution in [2.75, 3.05) is 7.11 Å². The second kappa shape index (κ2) is 6.90. The van der Waals surface area contributed by atoms with Gasteiger partial charge in [0.25, 0.3) is 0 Å². The largest absolute Gasteiger partial charge is 0.495 e. The van der Waals surface area contributed by atoms with E-state index in [2.05, 4.69) is 4.99 Å². The summed E-state index contributed by atoms with van der Waals surface area (Å²) in [5.41, 5.74) is 7.02. The van der Waals surface area contributed by atoms with Crippen LogP contribution >= 0.6 is 11.6 Å². The van der Waals surface area contributed by atoms with Crippen LogP contribution in [0.25, 0.3) is 0 Å². The van der Waals surface area contributed by atoms with E-state index >= 15 is 0 Å². The number of ether oxygens (including phenoxy) is 1. The Bertz CT molecular complexity index is 669. The van der Waals surface area contributed by atoms with Gasteiger partial charge in [-0.3, -0.25) is 4.79 Å². The maximum Gasteiger partial charge on any atom is 0.170 e. The molecule has 2 aromatic carbocycles. The molecule has 0 spiro atoms. The highest BCUT2D eigenvalue weighted by Gasteiger charge is 2.08. The summed E-state index contributed by atoms with van der Waals surface area (Å²) in [6.45, 7) is 0. The normalized spacial score (nSPS) is 11.2. The molecule has 0 saturated carbocycles. The number of carbonyl (C=O) groups is 1. The maximum atomic E-state index is 12.0. The van der Waals surface area contributed by atoms with Gasteiger partial charge in [0.05, 0.1) is 24.2 Å². The van der Waals surface area contributed by atoms with Crippen LogP contribution in [0, 0.1) is 0 Å². The predicted molar refractivity (Wildman–Crippen MR) is 84.7 cm³/mol. The molecule has 0 aliphatic rings. The van der Waals surface area contributed by atoms with E-state index in [4.69, 9.17) is 22.1 Å². The molecule has 2 aromatic rings. The molecule has 0 unspecified atom stereocenters. The van der Waals surface area contributed by atoms with Crippen LogP contribution in [0.4, 0.5) is 5.69 Å². The lowest BCUT2D eigenvalue weighted by Gasteiger charge is -2.04. The zero-order valence-electron chi connectivity index (χ0n) is 11.5. The zero-order chi connectivity index (χ0) is 15.2. The highest BCUT2D eigenvalue weighted by atomic mass is 35.5. The van der Waals surface area contributed by atoms with Crippen LogP contribution < -0.4 is 10.5 Å². The summed E-state index contributed by atoms with van der Waals surface area (Å²) in [4.78, 5) is 16.2. The van der Waals surface area contributed by atoms with E-state index in [9.17, 15) is 4.79 Å². The lowest BCUT2D eigenvalue weighted by molar-refractivity contribution is 0.100. The van der Waals surface area contributed by atoms with Crippen molar-refractivity contribution in [3.05, 3.63) is 59.1 Å². The molecule has 2 N–H and O–H groups in total. The molecule has 0 aliphatic heterocycles. The van der Waals surface area contributed by atoms with E-state index in [0.29, 0.717) is 22.0 Å². The Morgan fingerprint density at radius 1 is 1.24 bits per heavy atom. The Morgan fingerprint density at radius 3 is 2.57 bits per heavy atom. The standard InChI is InChI=1S/C16H15ClN2O2/c1-21-15-8-7-12(9-13(15)17)19-16(18)10-14(20)11-5-3-2-4-6-11/h2-9H,10H2,1H3,(H2,18,19). The van der Waals surface area contributed by atoms with Gasteiger partial charge in [-0.05, 0) is 18.2 Å². The predicted octanol–water partition coefficient (Wildman–Crippen LogP) is 3.61. The maximum absolute atomic E-state index is 12.0. The van der Waals surface area contributed by atoms with Crippen LogP contribution in [0.5, 0.6) is 5.75 Å². The molecule has 0 fully saturated rings. The van der Waals surface area contributed by atoms with E-state index < -0.39 is 0 Å². The molecule has 21 heavy (non-hydrogen) atoms. The Labute approximate surface area is 128 Å². The van der Waals surface area contributed by atoms with Crippen molar-refractivity contribution in [1.29, 1.82) is 0 Å². The summed E-state index contributed by atoms with van der Waals surface area (Å²) in [6, 6.07) is 14.0. The van der Waals surface area contributed by atoms with Gasteiger partial charge in [-0.1, -0.05) is 41.9 Å². The number of hydrogen-bond donors (Lipinski definition) is 1. The van der Waals surface area contributed by atoms with Gasteiger partial charge in [-0.2, -0.15) is 0 Å². The Kier molecular flexibility index (Phi) is 4.95. The number of carbonyl (C=O) groups excluding carboxylic acids is 1. The molecule has 0 aromatic heterocycles. The van der Waals surface area contributed by atoms with E-state index in [0.717, 1.165) is 0 Å². The summed E-state index contributed by atoms with van der Waals surface area (Å²) in [7, 11) is 1.54. The highest BCUT2D eigenvalue weighted by molar-refractivity contribution is 6.32. The van der Waals surface area contributed by atoms with Gasteiger partial charge >= 0.3 is 0 Å². The number of rotatable bonds is 5. The molecule has 0 heterocycles. The molecule has 0 amide bonds. The van der Waals surface area contributed by atoms with Crippen LogP contribution in [0.2, 0.25) is 5.02 Å². The average Bonchev–Trinajstić information content (AvgIpc) is 2.48. The molecule has 0 saturated heterocycles. The quantitative estimate of drug-likeness (QED) is 0.521. The van der Waals surface area contributed by atoms with Gasteiger partial charge < -0.3 is 10.5 Å². The fourth-order valence-electron chi connectivity index (χ4n) is 1.82. The summed E-state index contributed by atoms with van der Waals surface area (Å²) in [5, 5.41) is 0.445. The minimum Gasteiger partial charge on any atom is -0.495 e. The first-order valence-electron chi connectivity index (χ1n) is 6.35. The molecular formula is C16H15ClN2O2. The van der Waals surface area contributed by atoms with Crippen molar-refractivity contribution >= 4 is 28.9 Å². The van der Waals surface area contributed by atoms with E-state index in [-0.39, 0.29) is 18.0 Å². The van der Waals surface area contributed by atoms with Crippen LogP contribution in [-0.4, -0.2) is 18.7 Å². The van der Waals surface area contributed by atoms with Gasteiger partial charge in [0.1, 0.15) is 11.6 Å². The lowest BCUT2D eigenvalue weighted by atomic mass is 10.1. The minimum atomic E-state index is -0.0727. The second-order valence-corrected chi connectivity index (χ2v) is 4.80. The molecule has 0 atom stereocenters. The van der Waals surface area contributed by atoms with Crippen molar-refractivity contribution in [3.63, 3.8) is 0 Å². The van der Waals surface area contributed by atoms with Crippen LogP contribution in [0.3, 0.4) is 0 Å². The van der Waals surface area contributed by atoms with Crippen molar-refractivity contribution in [3.8, 4) is 5.75 Å². The van der Waals surface area contributed by atoms with Gasteiger partial charge in [0, 0.05) is 5.56 Å². The molecule has 2 rings (SSSR count). The lowest BCUT2D eigenvalue weighted by Crippen LogP contribution is -2.16. The Morgan fingerprint density at radius 2 is 1.95 bits per heavy atom. The summed E-state index contributed by atoms with van der Waals surface area (Å²) in [6.07, 6.45) is 0.0632. The number of nitrogens with zero attached hydrogens (tertiary/aromatic N) is 1. The topological polar surface area (TPSA) is 64.7 Å². The minimum absolute atomic E-state index is 0.0632. The monoisotopic (exact) mass is 302 g/mol. The summed E-state index contributed by atoms with van der Waals surface area (Å²) < 4.78 is 5.06. The third-order valence-electron chi connectivity index (χ3n) is 2.85. The number of amidine groups is 1. The SMILES string of the molecule is COc1ccc(N=C(N)CC(=O)c2ccccc2)cc1Cl. The average molecular weight is 303 g/mol. The fourth-order valence-corrected chi connectivity index (χ4v) is 2.07. The third-order valence-corrected chi connectivity index (χ3v) is 3.14. The van der Waals surface area contributed by atoms with Gasteiger partial charge in [-0.15, -0.1) is 0 Å². The molecular weight excluding hydrogens is 288 g/mol. The van der Waals surface area contributed by atoms with Crippen molar-refractivity contribution in [2.45, 2.75) is 6.42 Å². The molecule has 0 aliphatic carbocycles. The highest BCUT2D eigenvalue weighted by Crippen LogP contribution is 2.28. The molecule has 0 radical (unpaired) electrons. The Balaban J connectivity index is 2.11. The number of nitrogens with two attached hydrogens (primary N) is 1. The van der Waals surface area contributed by atoms with Gasteiger partial charge in [0.15, 0.2) is 5.78 Å². The molecule has 5 heteroatoms. The number of aliphatic imine (C=N–C) groups is 1. The second-order valence-electron chi connectivity index (χ2n) is 4.39.